The van der Waals surface area contributed by atoms with Crippen molar-refractivity contribution in [2.45, 2.75) is 64.7 Å². The number of hydrogen-bond donors (Lipinski definition) is 0. The Morgan fingerprint density at radius 1 is 1.00 bits per heavy atom. The first-order chi connectivity index (χ1) is 5.39. The molecule has 0 fully saturated rings. The van der Waals surface area contributed by atoms with Crippen molar-refractivity contribution < 1.29 is 4.74 Å². The molecule has 0 aromatic rings. The van der Waals surface area contributed by atoms with Crippen molar-refractivity contribution in [3.63, 3.8) is 0 Å². The first-order valence-electron chi connectivity index (χ1n) is 5.09. The highest BCUT2D eigenvalue weighted by Crippen LogP contribution is 2.26. The lowest BCUT2D eigenvalue weighted by atomic mass is 9.99. The molecule has 0 N–H and O–H groups in total. The van der Waals surface area contributed by atoms with Gasteiger partial charge in [0.05, 0.1) is 5.60 Å². The fourth-order valence-corrected chi connectivity index (χ4v) is 1.63. The Bertz CT molecular complexity index is 128. The highest BCUT2D eigenvalue weighted by molar-refractivity contribution is 6.14. The van der Waals surface area contributed by atoms with E-state index in [-0.39, 0.29) is 10.8 Å². The van der Waals surface area contributed by atoms with Crippen molar-refractivity contribution in [3.8, 4) is 0 Å². The van der Waals surface area contributed by atoms with Crippen LogP contribution < -0.4 is 0 Å². The molecule has 74 valence electrons. The molecule has 0 saturated carbocycles. The molecule has 12 heavy (non-hydrogen) atoms. The van der Waals surface area contributed by atoms with Gasteiger partial charge in [0.2, 0.25) is 0 Å². The van der Waals surface area contributed by atoms with E-state index < -0.39 is 0 Å². The van der Waals surface area contributed by atoms with Gasteiger partial charge in [-0.05, 0) is 33.1 Å². The summed E-state index contributed by atoms with van der Waals surface area (Å²) >= 11 is 0. The minimum atomic E-state index is 0.104. The van der Waals surface area contributed by atoms with Crippen molar-refractivity contribution >= 4 is 10.2 Å². The Balaban J connectivity index is 4.20. The normalized spacial score (nSPS) is 17.8. The fraction of sp³-hybridized carbons (Fsp3) is 1.00. The van der Waals surface area contributed by atoms with Gasteiger partial charge in [-0.2, -0.15) is 0 Å². The molecule has 0 aromatic heterocycles. The molecule has 0 rings (SSSR count). The van der Waals surface area contributed by atoms with Crippen LogP contribution >= 0.6 is 0 Å². The zero-order valence-electron chi connectivity index (χ0n) is 9.53. The summed E-state index contributed by atoms with van der Waals surface area (Å²) in [5.41, 5.74) is 0.104. The number of rotatable bonds is 5. The van der Waals surface area contributed by atoms with Gasteiger partial charge >= 0.3 is 0 Å². The van der Waals surface area contributed by atoms with E-state index in [0.29, 0.717) is 0 Å². The minimum Gasteiger partial charge on any atom is -0.374 e. The molecule has 0 aliphatic rings. The van der Waals surface area contributed by atoms with Gasteiger partial charge in [-0.15, -0.1) is 0 Å². The summed E-state index contributed by atoms with van der Waals surface area (Å²) < 4.78 is 6.13. The van der Waals surface area contributed by atoms with Crippen LogP contribution in [0.2, 0.25) is 0 Å². The van der Waals surface area contributed by atoms with E-state index in [1.165, 1.54) is 0 Å². The predicted octanol–water partition coefficient (Wildman–Crippen LogP) is 2.07. The van der Waals surface area contributed by atoms with Crippen molar-refractivity contribution in [2.24, 2.45) is 0 Å². The maximum Gasteiger partial charge on any atom is 0.0651 e. The zero-order chi connectivity index (χ0) is 9.83. The lowest BCUT2D eigenvalue weighted by Crippen LogP contribution is -2.40. The quantitative estimate of drug-likeness (QED) is 0.600. The highest BCUT2D eigenvalue weighted by Gasteiger charge is 2.28. The SMILES string of the molecule is CCC(C)([SiH3])OC(C)(CC)CC. The second-order valence-electron chi connectivity index (χ2n) is 4.37. The summed E-state index contributed by atoms with van der Waals surface area (Å²) in [7, 11) is 1.12. The van der Waals surface area contributed by atoms with Crippen LogP contribution in [0.3, 0.4) is 0 Å². The van der Waals surface area contributed by atoms with Gasteiger partial charge in [-0.1, -0.05) is 20.8 Å². The van der Waals surface area contributed by atoms with Gasteiger partial charge in [0, 0.05) is 15.5 Å². The summed E-state index contributed by atoms with van der Waals surface area (Å²) in [5.74, 6) is 0. The Kier molecular flexibility index (Phi) is 4.49. The Hall–Kier alpha value is 0.177. The van der Waals surface area contributed by atoms with E-state index in [9.17, 15) is 0 Å². The first kappa shape index (κ1) is 12.2. The molecule has 0 spiro atoms. The second-order valence-corrected chi connectivity index (χ2v) is 6.49. The molecular formula is C10H24OSi. The summed E-state index contributed by atoms with van der Waals surface area (Å²) in [4.78, 5) is 0. The highest BCUT2D eigenvalue weighted by atomic mass is 28.1. The van der Waals surface area contributed by atoms with E-state index in [1.807, 2.05) is 0 Å². The zero-order valence-corrected chi connectivity index (χ0v) is 11.5. The van der Waals surface area contributed by atoms with E-state index in [0.717, 1.165) is 29.5 Å². The smallest absolute Gasteiger partial charge is 0.0651 e. The van der Waals surface area contributed by atoms with E-state index in [4.69, 9.17) is 4.74 Å². The molecule has 2 heteroatoms. The van der Waals surface area contributed by atoms with Crippen molar-refractivity contribution in [1.29, 1.82) is 0 Å². The Morgan fingerprint density at radius 2 is 1.42 bits per heavy atom. The van der Waals surface area contributed by atoms with Gasteiger partial charge in [0.25, 0.3) is 0 Å². The Morgan fingerprint density at radius 3 is 1.67 bits per heavy atom. The van der Waals surface area contributed by atoms with Crippen LogP contribution in [-0.2, 0) is 4.74 Å². The molecule has 0 amide bonds. The lowest BCUT2D eigenvalue weighted by Gasteiger charge is -2.37. The number of hydrogen-bond acceptors (Lipinski definition) is 1. The summed E-state index contributed by atoms with van der Waals surface area (Å²) in [6.45, 7) is 11.1. The van der Waals surface area contributed by atoms with Crippen molar-refractivity contribution in [1.82, 2.24) is 0 Å². The first-order valence-corrected chi connectivity index (χ1v) is 6.09. The molecule has 0 bridgehead atoms. The van der Waals surface area contributed by atoms with E-state index in [2.05, 4.69) is 34.6 Å². The molecule has 1 unspecified atom stereocenters. The monoisotopic (exact) mass is 188 g/mol. The van der Waals surface area contributed by atoms with Gasteiger partial charge in [0.1, 0.15) is 0 Å². The molecular weight excluding hydrogens is 164 g/mol. The number of ether oxygens (including phenoxy) is 1. The summed E-state index contributed by atoms with van der Waals surface area (Å²) in [6, 6.07) is 0. The van der Waals surface area contributed by atoms with Crippen LogP contribution in [0.4, 0.5) is 0 Å². The largest absolute Gasteiger partial charge is 0.374 e. The van der Waals surface area contributed by atoms with Crippen molar-refractivity contribution in [2.75, 3.05) is 0 Å². The maximum atomic E-state index is 6.13. The van der Waals surface area contributed by atoms with Gasteiger partial charge in [0.15, 0.2) is 0 Å². The van der Waals surface area contributed by atoms with Crippen LogP contribution in [0, 0.1) is 0 Å². The second kappa shape index (κ2) is 4.42. The third-order valence-electron chi connectivity index (χ3n) is 2.87. The fourth-order valence-electron chi connectivity index (χ4n) is 1.13. The van der Waals surface area contributed by atoms with E-state index >= 15 is 0 Å². The van der Waals surface area contributed by atoms with Crippen molar-refractivity contribution in [3.05, 3.63) is 0 Å². The van der Waals surface area contributed by atoms with Gasteiger partial charge in [-0.25, -0.2) is 0 Å². The molecule has 1 nitrogen and oxygen atoms in total. The minimum absolute atomic E-state index is 0.104. The maximum absolute atomic E-state index is 6.13. The molecule has 1 atom stereocenters. The molecule has 0 radical (unpaired) electrons. The topological polar surface area (TPSA) is 9.23 Å². The molecule has 0 saturated heterocycles. The average Bonchev–Trinajstić information content (AvgIpc) is 2.04. The molecule has 0 heterocycles. The predicted molar refractivity (Wildman–Crippen MR) is 58.7 cm³/mol. The standard InChI is InChI=1S/C10H24OSi/c1-6-9(4,7-2)11-10(5,12)8-3/h6-8H2,1-5,12H3. The van der Waals surface area contributed by atoms with Crippen LogP contribution in [0.5, 0.6) is 0 Å². The van der Waals surface area contributed by atoms with E-state index in [1.54, 1.807) is 0 Å². The molecule has 0 aliphatic heterocycles. The van der Waals surface area contributed by atoms with Gasteiger partial charge < -0.3 is 4.74 Å². The lowest BCUT2D eigenvalue weighted by molar-refractivity contribution is -0.103. The van der Waals surface area contributed by atoms with Crippen LogP contribution in [0.25, 0.3) is 0 Å². The third-order valence-corrected chi connectivity index (χ3v) is 3.78. The van der Waals surface area contributed by atoms with Crippen LogP contribution in [0.1, 0.15) is 53.9 Å². The average molecular weight is 188 g/mol. The van der Waals surface area contributed by atoms with Crippen LogP contribution in [0.15, 0.2) is 0 Å². The Labute approximate surface area is 80.3 Å². The molecule has 0 aliphatic carbocycles. The third kappa shape index (κ3) is 3.72. The summed E-state index contributed by atoms with van der Waals surface area (Å²) in [5, 5.41) is 0.167. The van der Waals surface area contributed by atoms with Gasteiger partial charge in [-0.3, -0.25) is 0 Å². The summed E-state index contributed by atoms with van der Waals surface area (Å²) in [6.07, 6.45) is 3.36. The molecule has 0 aromatic carbocycles. The van der Waals surface area contributed by atoms with Crippen LogP contribution in [-0.4, -0.2) is 21.1 Å².